The molecule has 3 amide bonds. The molecule has 0 aromatic heterocycles. The van der Waals surface area contributed by atoms with E-state index in [0.717, 1.165) is 31.2 Å². The van der Waals surface area contributed by atoms with Crippen LogP contribution in [0.2, 0.25) is 0 Å². The van der Waals surface area contributed by atoms with E-state index in [-0.39, 0.29) is 30.2 Å². The predicted molar refractivity (Wildman–Crippen MR) is 120 cm³/mol. The molecule has 3 atom stereocenters. The second-order valence-electron chi connectivity index (χ2n) is 8.95. The maximum atomic E-state index is 13.3. The summed E-state index contributed by atoms with van der Waals surface area (Å²) in [5.74, 6) is -1.16. The molecule has 1 aromatic carbocycles. The highest BCUT2D eigenvalue weighted by Gasteiger charge is 2.30. The van der Waals surface area contributed by atoms with Gasteiger partial charge >= 0.3 is 0 Å². The Bertz CT molecular complexity index is 732. The highest BCUT2D eigenvalue weighted by atomic mass is 16.3. The molecule has 0 radical (unpaired) electrons. The number of nitrogens with zero attached hydrogens (tertiary/aromatic N) is 1. The molecule has 172 valence electrons. The van der Waals surface area contributed by atoms with E-state index in [1.54, 1.807) is 25.7 Å². The molecule has 0 spiro atoms. The first-order chi connectivity index (χ1) is 14.7. The number of nitrogens with one attached hydrogen (secondary N) is 2. The van der Waals surface area contributed by atoms with E-state index in [1.807, 2.05) is 37.4 Å². The van der Waals surface area contributed by atoms with Crippen LogP contribution in [-0.2, 0) is 14.4 Å². The monoisotopic (exact) mass is 431 g/mol. The Morgan fingerprint density at radius 1 is 1.03 bits per heavy atom. The van der Waals surface area contributed by atoms with Crippen LogP contribution in [0.1, 0.15) is 70.9 Å². The molecule has 7 nitrogen and oxygen atoms in total. The summed E-state index contributed by atoms with van der Waals surface area (Å²) in [6.07, 6.45) is 4.30. The highest BCUT2D eigenvalue weighted by molar-refractivity contribution is 5.89. The number of rotatable bonds is 9. The third-order valence-corrected chi connectivity index (χ3v) is 5.94. The van der Waals surface area contributed by atoms with Crippen LogP contribution in [0.5, 0.6) is 0 Å². The van der Waals surface area contributed by atoms with Gasteiger partial charge in [-0.1, -0.05) is 63.4 Å². The zero-order valence-electron chi connectivity index (χ0n) is 19.1. The van der Waals surface area contributed by atoms with Gasteiger partial charge in [0.2, 0.25) is 17.7 Å². The van der Waals surface area contributed by atoms with Crippen molar-refractivity contribution in [3.63, 3.8) is 0 Å². The molecule has 31 heavy (non-hydrogen) atoms. The number of hydrogen-bond donors (Lipinski definition) is 3. The minimum Gasteiger partial charge on any atom is -0.383 e. The fraction of sp³-hybridized carbons (Fsp3) is 0.625. The first kappa shape index (κ1) is 24.9. The van der Waals surface area contributed by atoms with E-state index in [1.165, 1.54) is 6.42 Å². The molecule has 1 aliphatic carbocycles. The summed E-state index contributed by atoms with van der Waals surface area (Å²) < 4.78 is 0. The molecule has 3 N–H and O–H groups in total. The molecule has 0 saturated heterocycles. The fourth-order valence-corrected chi connectivity index (χ4v) is 3.97. The average molecular weight is 432 g/mol. The Balaban J connectivity index is 2.04. The molecule has 0 heterocycles. The molecule has 1 saturated carbocycles. The van der Waals surface area contributed by atoms with E-state index >= 15 is 0 Å². The lowest BCUT2D eigenvalue weighted by Gasteiger charge is -2.34. The van der Waals surface area contributed by atoms with Gasteiger partial charge in [0.05, 0.1) is 0 Å². The molecule has 7 heteroatoms. The van der Waals surface area contributed by atoms with Crippen molar-refractivity contribution in [2.75, 3.05) is 7.05 Å². The van der Waals surface area contributed by atoms with Crippen LogP contribution >= 0.6 is 0 Å². The van der Waals surface area contributed by atoms with Gasteiger partial charge in [-0.25, -0.2) is 0 Å². The van der Waals surface area contributed by atoms with Crippen molar-refractivity contribution in [2.45, 2.75) is 83.5 Å². The second-order valence-corrected chi connectivity index (χ2v) is 8.95. The number of aliphatic hydroxyl groups excluding tert-OH is 1. The van der Waals surface area contributed by atoms with Gasteiger partial charge in [-0.3, -0.25) is 14.4 Å². The van der Waals surface area contributed by atoms with Gasteiger partial charge in [0.25, 0.3) is 0 Å². The quantitative estimate of drug-likeness (QED) is 0.560. The zero-order chi connectivity index (χ0) is 23.0. The van der Waals surface area contributed by atoms with Gasteiger partial charge in [0.1, 0.15) is 12.1 Å². The van der Waals surface area contributed by atoms with Crippen molar-refractivity contribution >= 4 is 17.7 Å². The standard InChI is InChI=1S/C24H37N3O4/c1-16(2)22(29)23(30)25-17(3)15-20(28)26-21(18-11-7-5-8-12-18)24(31)27(4)19-13-9-6-10-14-19/h5,7-8,11-12,16-17,19,21-22,29H,6,9-10,13-15H2,1-4H3,(H,25,30)(H,26,28)/t17-,21-,22-/m0/s1. The van der Waals surface area contributed by atoms with Crippen LogP contribution in [0.4, 0.5) is 0 Å². The normalized spacial score (nSPS) is 17.5. The molecule has 0 aliphatic heterocycles. The number of carbonyl (C=O) groups excluding carboxylic acids is 3. The molecule has 1 fully saturated rings. The first-order valence-corrected chi connectivity index (χ1v) is 11.3. The summed E-state index contributed by atoms with van der Waals surface area (Å²) in [6.45, 7) is 5.21. The SMILES string of the molecule is CC(C)[C@H](O)C(=O)N[C@@H](C)CC(=O)N[C@H](C(=O)N(C)C1CCCCC1)c1ccccc1. The molecule has 0 bridgehead atoms. The van der Waals surface area contributed by atoms with Crippen LogP contribution in [0, 0.1) is 5.92 Å². The average Bonchev–Trinajstić information content (AvgIpc) is 2.76. The van der Waals surface area contributed by atoms with Crippen LogP contribution in [-0.4, -0.2) is 53.0 Å². The summed E-state index contributed by atoms with van der Waals surface area (Å²) in [4.78, 5) is 39.9. The van der Waals surface area contributed by atoms with Gasteiger partial charge in [-0.2, -0.15) is 0 Å². The van der Waals surface area contributed by atoms with Crippen molar-refractivity contribution < 1.29 is 19.5 Å². The molecule has 0 unspecified atom stereocenters. The fourth-order valence-electron chi connectivity index (χ4n) is 3.97. The highest BCUT2D eigenvalue weighted by Crippen LogP contribution is 2.25. The van der Waals surface area contributed by atoms with E-state index in [0.29, 0.717) is 0 Å². The van der Waals surface area contributed by atoms with Crippen molar-refractivity contribution in [1.82, 2.24) is 15.5 Å². The van der Waals surface area contributed by atoms with Crippen molar-refractivity contribution in [1.29, 1.82) is 0 Å². The minimum absolute atomic E-state index is 0.0142. The van der Waals surface area contributed by atoms with Crippen molar-refractivity contribution in [3.8, 4) is 0 Å². The third kappa shape index (κ3) is 7.35. The van der Waals surface area contributed by atoms with E-state index in [4.69, 9.17) is 0 Å². The number of amides is 3. The van der Waals surface area contributed by atoms with Crippen LogP contribution in [0.25, 0.3) is 0 Å². The first-order valence-electron chi connectivity index (χ1n) is 11.3. The second kappa shape index (κ2) is 11.8. The Morgan fingerprint density at radius 2 is 1.65 bits per heavy atom. The van der Waals surface area contributed by atoms with Crippen molar-refractivity contribution in [3.05, 3.63) is 35.9 Å². The lowest BCUT2D eigenvalue weighted by molar-refractivity contribution is -0.138. The summed E-state index contributed by atoms with van der Waals surface area (Å²) >= 11 is 0. The van der Waals surface area contributed by atoms with Crippen molar-refractivity contribution in [2.24, 2.45) is 5.92 Å². The number of carbonyl (C=O) groups is 3. The van der Waals surface area contributed by atoms with Gasteiger partial charge in [-0.05, 0) is 31.2 Å². The van der Waals surface area contributed by atoms with Gasteiger partial charge < -0.3 is 20.6 Å². The summed E-state index contributed by atoms with van der Waals surface area (Å²) in [6, 6.07) is 8.18. The maximum absolute atomic E-state index is 13.3. The largest absolute Gasteiger partial charge is 0.383 e. The molecule has 1 aliphatic rings. The van der Waals surface area contributed by atoms with Gasteiger partial charge in [0, 0.05) is 25.6 Å². The topological polar surface area (TPSA) is 98.7 Å². The lowest BCUT2D eigenvalue weighted by Crippen LogP contribution is -2.48. The predicted octanol–water partition coefficient (Wildman–Crippen LogP) is 2.55. The van der Waals surface area contributed by atoms with Gasteiger partial charge in [0.15, 0.2) is 0 Å². The van der Waals surface area contributed by atoms with Crippen LogP contribution in [0.15, 0.2) is 30.3 Å². The van der Waals surface area contributed by atoms with Crippen LogP contribution in [0.3, 0.4) is 0 Å². The maximum Gasteiger partial charge on any atom is 0.249 e. The smallest absolute Gasteiger partial charge is 0.249 e. The number of hydrogen-bond acceptors (Lipinski definition) is 4. The Labute approximate surface area is 185 Å². The van der Waals surface area contributed by atoms with E-state index < -0.39 is 24.1 Å². The van der Waals surface area contributed by atoms with E-state index in [2.05, 4.69) is 10.6 Å². The molecular formula is C24H37N3O4. The third-order valence-electron chi connectivity index (χ3n) is 5.94. The summed E-state index contributed by atoms with van der Waals surface area (Å²) in [7, 11) is 1.82. The number of aliphatic hydroxyl groups is 1. The molecule has 1 aromatic rings. The summed E-state index contributed by atoms with van der Waals surface area (Å²) in [5.41, 5.74) is 0.732. The molecule has 2 rings (SSSR count). The number of benzene rings is 1. The lowest BCUT2D eigenvalue weighted by atomic mass is 9.93. The Hall–Kier alpha value is -2.41. The Morgan fingerprint density at radius 3 is 2.23 bits per heavy atom. The van der Waals surface area contributed by atoms with E-state index in [9.17, 15) is 19.5 Å². The number of likely N-dealkylation sites (N-methyl/N-ethyl adjacent to an activating group) is 1. The summed E-state index contributed by atoms with van der Waals surface area (Å²) in [5, 5.41) is 15.4. The molecular weight excluding hydrogens is 394 g/mol. The minimum atomic E-state index is -1.12. The van der Waals surface area contributed by atoms with Crippen LogP contribution < -0.4 is 10.6 Å². The zero-order valence-corrected chi connectivity index (χ0v) is 19.1. The Kier molecular flexibility index (Phi) is 9.49. The van der Waals surface area contributed by atoms with Gasteiger partial charge in [-0.15, -0.1) is 0 Å².